The third kappa shape index (κ3) is 3.90. The van der Waals surface area contributed by atoms with Gasteiger partial charge < -0.3 is 11.1 Å². The van der Waals surface area contributed by atoms with Gasteiger partial charge >= 0.3 is 0 Å². The van der Waals surface area contributed by atoms with Crippen molar-refractivity contribution in [3.8, 4) is 0 Å². The molecule has 2 rings (SSSR count). The molecule has 0 unspecified atom stereocenters. The molecule has 0 amide bonds. The number of hydrogen-bond acceptors (Lipinski definition) is 2. The van der Waals surface area contributed by atoms with Gasteiger partial charge in [0.2, 0.25) is 0 Å². The summed E-state index contributed by atoms with van der Waals surface area (Å²) in [5.74, 6) is 0. The zero-order chi connectivity index (χ0) is 12.8. The van der Waals surface area contributed by atoms with Crippen LogP contribution in [0.3, 0.4) is 0 Å². The number of nitrogens with two attached hydrogens (primary N) is 1. The summed E-state index contributed by atoms with van der Waals surface area (Å²) in [6.07, 6.45) is 0.902. The molecule has 0 aliphatic heterocycles. The molecule has 3 N–H and O–H groups in total. The molecule has 1 atom stereocenters. The first-order chi connectivity index (χ1) is 8.74. The van der Waals surface area contributed by atoms with E-state index < -0.39 is 0 Å². The minimum atomic E-state index is 0.133. The second kappa shape index (κ2) is 6.22. The molecule has 0 fully saturated rings. The van der Waals surface area contributed by atoms with Crippen molar-refractivity contribution < 1.29 is 0 Å². The molecule has 2 aromatic rings. The van der Waals surface area contributed by atoms with Crippen LogP contribution in [0.15, 0.2) is 54.6 Å². The minimum absolute atomic E-state index is 0.133. The van der Waals surface area contributed by atoms with Gasteiger partial charge in [0.1, 0.15) is 0 Å². The third-order valence-electron chi connectivity index (χ3n) is 2.96. The van der Waals surface area contributed by atoms with E-state index in [1.165, 1.54) is 11.1 Å². The van der Waals surface area contributed by atoms with Gasteiger partial charge in [0.05, 0.1) is 0 Å². The summed E-state index contributed by atoms with van der Waals surface area (Å²) in [6.45, 7) is 2.88. The Hall–Kier alpha value is -1.80. The summed E-state index contributed by atoms with van der Waals surface area (Å²) in [6, 6.07) is 18.9. The smallest absolute Gasteiger partial charge is 0.0340 e. The number of anilines is 1. The Balaban J connectivity index is 1.81. The fourth-order valence-electron chi connectivity index (χ4n) is 1.91. The highest BCUT2D eigenvalue weighted by atomic mass is 14.9. The van der Waals surface area contributed by atoms with Crippen LogP contribution in [0.25, 0.3) is 0 Å². The second-order valence-corrected chi connectivity index (χ2v) is 4.70. The molecule has 2 heteroatoms. The summed E-state index contributed by atoms with van der Waals surface area (Å²) in [5, 5.41) is 3.37. The van der Waals surface area contributed by atoms with Crippen LogP contribution in [0.1, 0.15) is 11.1 Å². The fourth-order valence-corrected chi connectivity index (χ4v) is 1.91. The van der Waals surface area contributed by atoms with Gasteiger partial charge in [0, 0.05) is 18.3 Å². The molecule has 0 radical (unpaired) electrons. The summed E-state index contributed by atoms with van der Waals surface area (Å²) in [4.78, 5) is 0. The van der Waals surface area contributed by atoms with Crippen molar-refractivity contribution in [3.63, 3.8) is 0 Å². The summed E-state index contributed by atoms with van der Waals surface area (Å²) in [5.41, 5.74) is 9.81. The molecule has 0 saturated heterocycles. The number of benzene rings is 2. The van der Waals surface area contributed by atoms with Crippen LogP contribution in [-0.4, -0.2) is 12.6 Å². The first kappa shape index (κ1) is 12.7. The Morgan fingerprint density at radius 3 is 2.33 bits per heavy atom. The Morgan fingerprint density at radius 1 is 1.00 bits per heavy atom. The number of hydrogen-bond donors (Lipinski definition) is 2. The molecule has 0 heterocycles. The number of nitrogens with one attached hydrogen (secondary N) is 1. The molecule has 0 spiro atoms. The lowest BCUT2D eigenvalue weighted by atomic mass is 10.1. The van der Waals surface area contributed by atoms with Crippen molar-refractivity contribution in [3.05, 3.63) is 65.7 Å². The van der Waals surface area contributed by atoms with Gasteiger partial charge in [-0.1, -0.05) is 48.0 Å². The molecule has 0 saturated carbocycles. The highest BCUT2D eigenvalue weighted by Crippen LogP contribution is 2.09. The van der Waals surface area contributed by atoms with E-state index in [4.69, 9.17) is 5.73 Å². The predicted octanol–water partition coefficient (Wildman–Crippen LogP) is 2.98. The quantitative estimate of drug-likeness (QED) is 0.843. The lowest BCUT2D eigenvalue weighted by molar-refractivity contribution is 0.699. The standard InChI is InChI=1S/C16H20N2/c1-13-7-9-16(10-8-13)18-12-15(17)11-14-5-3-2-4-6-14/h2-10,15,18H,11-12,17H2,1H3/t15-/m1/s1. The Labute approximate surface area is 109 Å². The van der Waals surface area contributed by atoms with Crippen LogP contribution in [0.4, 0.5) is 5.69 Å². The molecular weight excluding hydrogens is 220 g/mol. The molecular formula is C16H20N2. The van der Waals surface area contributed by atoms with Gasteiger partial charge in [-0.15, -0.1) is 0 Å². The van der Waals surface area contributed by atoms with Crippen molar-refractivity contribution in [2.45, 2.75) is 19.4 Å². The Bertz CT molecular complexity index is 462. The van der Waals surface area contributed by atoms with Crippen molar-refractivity contribution in [2.75, 3.05) is 11.9 Å². The topological polar surface area (TPSA) is 38.0 Å². The van der Waals surface area contributed by atoms with Crippen molar-refractivity contribution in [1.82, 2.24) is 0 Å². The van der Waals surface area contributed by atoms with Gasteiger partial charge in [0.15, 0.2) is 0 Å². The van der Waals surface area contributed by atoms with E-state index in [9.17, 15) is 0 Å². The van der Waals surface area contributed by atoms with Crippen molar-refractivity contribution in [2.24, 2.45) is 5.73 Å². The van der Waals surface area contributed by atoms with Gasteiger partial charge in [0.25, 0.3) is 0 Å². The molecule has 18 heavy (non-hydrogen) atoms. The van der Waals surface area contributed by atoms with Gasteiger partial charge in [-0.2, -0.15) is 0 Å². The summed E-state index contributed by atoms with van der Waals surface area (Å²) >= 11 is 0. The molecule has 2 nitrogen and oxygen atoms in total. The molecule has 0 aliphatic rings. The highest BCUT2D eigenvalue weighted by molar-refractivity contribution is 5.44. The SMILES string of the molecule is Cc1ccc(NC[C@H](N)Cc2ccccc2)cc1. The number of aryl methyl sites for hydroxylation is 1. The van der Waals surface area contributed by atoms with Crippen molar-refractivity contribution in [1.29, 1.82) is 0 Å². The maximum absolute atomic E-state index is 6.12. The van der Waals surface area contributed by atoms with Crippen LogP contribution in [0.5, 0.6) is 0 Å². The zero-order valence-corrected chi connectivity index (χ0v) is 10.8. The molecule has 2 aromatic carbocycles. The summed E-state index contributed by atoms with van der Waals surface area (Å²) in [7, 11) is 0. The molecule has 0 aliphatic carbocycles. The number of rotatable bonds is 5. The molecule has 0 bridgehead atoms. The lowest BCUT2D eigenvalue weighted by Crippen LogP contribution is -2.31. The normalized spacial score (nSPS) is 12.1. The van der Waals surface area contributed by atoms with E-state index in [1.54, 1.807) is 0 Å². The van der Waals surface area contributed by atoms with E-state index >= 15 is 0 Å². The van der Waals surface area contributed by atoms with Crippen LogP contribution >= 0.6 is 0 Å². The lowest BCUT2D eigenvalue weighted by Gasteiger charge is -2.14. The van der Waals surface area contributed by atoms with E-state index in [-0.39, 0.29) is 6.04 Å². The summed E-state index contributed by atoms with van der Waals surface area (Å²) < 4.78 is 0. The van der Waals surface area contributed by atoms with E-state index in [1.807, 2.05) is 6.07 Å². The maximum atomic E-state index is 6.12. The monoisotopic (exact) mass is 240 g/mol. The van der Waals surface area contributed by atoms with Crippen LogP contribution in [0, 0.1) is 6.92 Å². The van der Waals surface area contributed by atoms with E-state index in [0.29, 0.717) is 0 Å². The van der Waals surface area contributed by atoms with E-state index in [0.717, 1.165) is 18.7 Å². The van der Waals surface area contributed by atoms with Gasteiger partial charge in [-0.05, 0) is 31.0 Å². The van der Waals surface area contributed by atoms with Crippen LogP contribution < -0.4 is 11.1 Å². The average molecular weight is 240 g/mol. The average Bonchev–Trinajstić information content (AvgIpc) is 2.39. The second-order valence-electron chi connectivity index (χ2n) is 4.70. The minimum Gasteiger partial charge on any atom is -0.383 e. The largest absolute Gasteiger partial charge is 0.383 e. The zero-order valence-electron chi connectivity index (χ0n) is 10.8. The Morgan fingerprint density at radius 2 is 1.67 bits per heavy atom. The maximum Gasteiger partial charge on any atom is 0.0340 e. The van der Waals surface area contributed by atoms with Crippen molar-refractivity contribution >= 4 is 5.69 Å². The first-order valence-electron chi connectivity index (χ1n) is 6.34. The highest BCUT2D eigenvalue weighted by Gasteiger charge is 2.03. The molecule has 0 aromatic heterocycles. The predicted molar refractivity (Wildman–Crippen MR) is 77.8 cm³/mol. The Kier molecular flexibility index (Phi) is 4.37. The molecule has 94 valence electrons. The van der Waals surface area contributed by atoms with Gasteiger partial charge in [-0.3, -0.25) is 0 Å². The first-order valence-corrected chi connectivity index (χ1v) is 6.34. The van der Waals surface area contributed by atoms with E-state index in [2.05, 4.69) is 60.8 Å². The fraction of sp³-hybridized carbons (Fsp3) is 0.250. The van der Waals surface area contributed by atoms with Gasteiger partial charge in [-0.25, -0.2) is 0 Å². The van der Waals surface area contributed by atoms with Crippen LogP contribution in [-0.2, 0) is 6.42 Å². The van der Waals surface area contributed by atoms with Crippen LogP contribution in [0.2, 0.25) is 0 Å². The third-order valence-corrected chi connectivity index (χ3v) is 2.96.